The second-order valence-electron chi connectivity index (χ2n) is 5.02. The van der Waals surface area contributed by atoms with Gasteiger partial charge in [-0.15, -0.1) is 0 Å². The van der Waals surface area contributed by atoms with Gasteiger partial charge < -0.3 is 4.74 Å². The Morgan fingerprint density at radius 3 is 2.75 bits per heavy atom. The zero-order chi connectivity index (χ0) is 11.4. The van der Waals surface area contributed by atoms with Crippen LogP contribution in [0.5, 0.6) is 0 Å². The van der Waals surface area contributed by atoms with Gasteiger partial charge in [0.15, 0.2) is 0 Å². The van der Waals surface area contributed by atoms with Gasteiger partial charge in [-0.25, -0.2) is 0 Å². The first-order valence-electron chi connectivity index (χ1n) is 6.42. The fourth-order valence-corrected chi connectivity index (χ4v) is 2.94. The van der Waals surface area contributed by atoms with Crippen LogP contribution in [0.1, 0.15) is 32.6 Å². The molecule has 0 bridgehead atoms. The summed E-state index contributed by atoms with van der Waals surface area (Å²) >= 11 is 0. The van der Waals surface area contributed by atoms with Crippen molar-refractivity contribution in [3.05, 3.63) is 36.1 Å². The third-order valence-corrected chi connectivity index (χ3v) is 3.98. The third kappa shape index (κ3) is 2.58. The maximum atomic E-state index is 5.26. The van der Waals surface area contributed by atoms with E-state index in [1.807, 2.05) is 6.08 Å². The van der Waals surface area contributed by atoms with E-state index in [-0.39, 0.29) is 0 Å². The van der Waals surface area contributed by atoms with E-state index >= 15 is 0 Å². The Labute approximate surface area is 98.9 Å². The van der Waals surface area contributed by atoms with Crippen LogP contribution < -0.4 is 0 Å². The van der Waals surface area contributed by atoms with Crippen molar-refractivity contribution in [2.75, 3.05) is 7.11 Å². The molecule has 1 saturated carbocycles. The van der Waals surface area contributed by atoms with Crippen LogP contribution in [-0.4, -0.2) is 7.11 Å². The van der Waals surface area contributed by atoms with E-state index in [0.717, 1.165) is 17.6 Å². The Bertz CT molecular complexity index is 311. The summed E-state index contributed by atoms with van der Waals surface area (Å²) in [5.41, 5.74) is 0. The van der Waals surface area contributed by atoms with Gasteiger partial charge in [0.05, 0.1) is 7.11 Å². The first-order chi connectivity index (χ1) is 7.81. The molecule has 16 heavy (non-hydrogen) atoms. The summed E-state index contributed by atoms with van der Waals surface area (Å²) in [7, 11) is 1.73. The second-order valence-corrected chi connectivity index (χ2v) is 5.02. The summed E-state index contributed by atoms with van der Waals surface area (Å²) in [5.74, 6) is 3.24. The van der Waals surface area contributed by atoms with Gasteiger partial charge in [-0.05, 0) is 36.3 Å². The van der Waals surface area contributed by atoms with E-state index in [0.29, 0.717) is 5.92 Å². The van der Waals surface area contributed by atoms with E-state index in [9.17, 15) is 0 Å². The van der Waals surface area contributed by atoms with Crippen molar-refractivity contribution in [1.82, 2.24) is 0 Å². The summed E-state index contributed by atoms with van der Waals surface area (Å²) in [6.45, 7) is 2.40. The number of hydrogen-bond acceptors (Lipinski definition) is 1. The monoisotopic (exact) mass is 218 g/mol. The highest BCUT2D eigenvalue weighted by Gasteiger charge is 2.26. The Kier molecular flexibility index (Phi) is 3.87. The fraction of sp³-hybridized carbons (Fsp3) is 0.600. The van der Waals surface area contributed by atoms with E-state index in [4.69, 9.17) is 4.74 Å². The highest BCUT2D eigenvalue weighted by atomic mass is 16.5. The maximum Gasteiger partial charge on any atom is 0.118 e. The highest BCUT2D eigenvalue weighted by Crippen LogP contribution is 2.36. The lowest BCUT2D eigenvalue weighted by Crippen LogP contribution is -2.22. The molecule has 0 radical (unpaired) electrons. The van der Waals surface area contributed by atoms with Gasteiger partial charge in [-0.1, -0.05) is 44.4 Å². The summed E-state index contributed by atoms with van der Waals surface area (Å²) in [5, 5.41) is 0. The molecule has 2 aliphatic carbocycles. The number of allylic oxidation sites excluding steroid dienone is 5. The second kappa shape index (κ2) is 5.38. The molecule has 0 amide bonds. The van der Waals surface area contributed by atoms with Gasteiger partial charge in [-0.2, -0.15) is 0 Å². The maximum absolute atomic E-state index is 5.26. The van der Waals surface area contributed by atoms with E-state index in [1.54, 1.807) is 7.11 Å². The molecule has 2 rings (SSSR count). The lowest BCUT2D eigenvalue weighted by Gasteiger charge is -2.32. The molecule has 0 saturated heterocycles. The standard InChI is InChI=1S/C15H22O/c1-12-6-3-4-9-15(12)13-7-5-8-14(16-2)11-10-13/h5,7-8,10-13,15H,3-4,6,9H2,1-2H3. The Hall–Kier alpha value is -0.980. The molecular formula is C15H22O. The number of methoxy groups -OCH3 is 1. The van der Waals surface area contributed by atoms with Crippen LogP contribution in [0.3, 0.4) is 0 Å². The van der Waals surface area contributed by atoms with Crippen LogP contribution >= 0.6 is 0 Å². The lowest BCUT2D eigenvalue weighted by atomic mass is 9.73. The van der Waals surface area contributed by atoms with E-state index in [1.165, 1.54) is 25.7 Å². The van der Waals surface area contributed by atoms with Crippen LogP contribution in [0.15, 0.2) is 36.1 Å². The van der Waals surface area contributed by atoms with Crippen molar-refractivity contribution in [3.8, 4) is 0 Å². The summed E-state index contributed by atoms with van der Waals surface area (Å²) in [6.07, 6.45) is 16.5. The normalized spacial score (nSPS) is 34.4. The van der Waals surface area contributed by atoms with Crippen molar-refractivity contribution in [2.24, 2.45) is 17.8 Å². The molecule has 0 aromatic carbocycles. The van der Waals surface area contributed by atoms with Crippen molar-refractivity contribution < 1.29 is 4.74 Å². The van der Waals surface area contributed by atoms with Crippen molar-refractivity contribution in [1.29, 1.82) is 0 Å². The molecule has 3 atom stereocenters. The van der Waals surface area contributed by atoms with Crippen molar-refractivity contribution in [2.45, 2.75) is 32.6 Å². The molecule has 0 aliphatic heterocycles. The Balaban J connectivity index is 2.05. The van der Waals surface area contributed by atoms with Crippen LogP contribution in [0.4, 0.5) is 0 Å². The minimum absolute atomic E-state index is 0.596. The largest absolute Gasteiger partial charge is 0.497 e. The summed E-state index contributed by atoms with van der Waals surface area (Å²) < 4.78 is 5.26. The molecular weight excluding hydrogens is 196 g/mol. The molecule has 1 fully saturated rings. The van der Waals surface area contributed by atoms with Gasteiger partial charge in [0.1, 0.15) is 5.76 Å². The minimum atomic E-state index is 0.596. The molecule has 0 N–H and O–H groups in total. The number of rotatable bonds is 2. The van der Waals surface area contributed by atoms with Gasteiger partial charge in [-0.3, -0.25) is 0 Å². The number of hydrogen-bond donors (Lipinski definition) is 0. The predicted molar refractivity (Wildman–Crippen MR) is 68.0 cm³/mol. The van der Waals surface area contributed by atoms with E-state index < -0.39 is 0 Å². The Morgan fingerprint density at radius 2 is 2.00 bits per heavy atom. The van der Waals surface area contributed by atoms with Gasteiger partial charge in [0.25, 0.3) is 0 Å². The smallest absolute Gasteiger partial charge is 0.118 e. The quantitative estimate of drug-likeness (QED) is 0.678. The molecule has 0 aromatic heterocycles. The lowest BCUT2D eigenvalue weighted by molar-refractivity contribution is 0.224. The first-order valence-corrected chi connectivity index (χ1v) is 6.42. The SMILES string of the molecule is COC1=CC=CC(C2CCCCC2C)C=C1. The molecule has 0 aromatic rings. The van der Waals surface area contributed by atoms with Crippen LogP contribution in [-0.2, 0) is 4.74 Å². The fourth-order valence-electron chi connectivity index (χ4n) is 2.94. The van der Waals surface area contributed by atoms with Crippen LogP contribution in [0.2, 0.25) is 0 Å². The number of ether oxygens (including phenoxy) is 1. The predicted octanol–water partition coefficient (Wildman–Crippen LogP) is 4.09. The van der Waals surface area contributed by atoms with Crippen LogP contribution in [0, 0.1) is 17.8 Å². The third-order valence-electron chi connectivity index (χ3n) is 3.98. The average molecular weight is 218 g/mol. The molecule has 1 nitrogen and oxygen atoms in total. The first kappa shape index (κ1) is 11.5. The average Bonchev–Trinajstić information content (AvgIpc) is 2.55. The molecule has 2 aliphatic rings. The highest BCUT2D eigenvalue weighted by molar-refractivity contribution is 5.25. The van der Waals surface area contributed by atoms with Gasteiger partial charge >= 0.3 is 0 Å². The molecule has 0 heterocycles. The molecule has 3 unspecified atom stereocenters. The molecule has 88 valence electrons. The summed E-state index contributed by atoms with van der Waals surface area (Å²) in [6, 6.07) is 0. The topological polar surface area (TPSA) is 9.23 Å². The van der Waals surface area contributed by atoms with Crippen molar-refractivity contribution >= 4 is 0 Å². The zero-order valence-corrected chi connectivity index (χ0v) is 10.4. The molecule has 0 spiro atoms. The van der Waals surface area contributed by atoms with E-state index in [2.05, 4.69) is 31.2 Å². The van der Waals surface area contributed by atoms with Gasteiger partial charge in [0.2, 0.25) is 0 Å². The Morgan fingerprint density at radius 1 is 1.19 bits per heavy atom. The summed E-state index contributed by atoms with van der Waals surface area (Å²) in [4.78, 5) is 0. The van der Waals surface area contributed by atoms with Crippen molar-refractivity contribution in [3.63, 3.8) is 0 Å². The minimum Gasteiger partial charge on any atom is -0.497 e. The molecule has 1 heteroatoms. The van der Waals surface area contributed by atoms with Crippen LogP contribution in [0.25, 0.3) is 0 Å². The van der Waals surface area contributed by atoms with Gasteiger partial charge in [0, 0.05) is 0 Å². The zero-order valence-electron chi connectivity index (χ0n) is 10.4.